The second-order valence-corrected chi connectivity index (χ2v) is 7.46. The van der Waals surface area contributed by atoms with Crippen molar-refractivity contribution in [3.05, 3.63) is 53.5 Å². The van der Waals surface area contributed by atoms with Crippen LogP contribution >= 0.6 is 0 Å². The molecule has 0 radical (unpaired) electrons. The van der Waals surface area contributed by atoms with Crippen LogP contribution < -0.4 is 16.2 Å². The van der Waals surface area contributed by atoms with Crippen LogP contribution in [-0.2, 0) is 11.3 Å². The summed E-state index contributed by atoms with van der Waals surface area (Å²) in [6, 6.07) is 6.85. The predicted molar refractivity (Wildman–Crippen MR) is 103 cm³/mol. The van der Waals surface area contributed by atoms with E-state index in [1.165, 1.54) is 10.7 Å². The number of pyridine rings is 1. The van der Waals surface area contributed by atoms with Gasteiger partial charge in [-0.2, -0.15) is 5.10 Å². The maximum absolute atomic E-state index is 12.3. The number of hydrogen-bond donors (Lipinski definition) is 2. The minimum atomic E-state index is -0.290. The van der Waals surface area contributed by atoms with E-state index < -0.39 is 0 Å². The number of anilines is 1. The van der Waals surface area contributed by atoms with Gasteiger partial charge in [-0.25, -0.2) is 9.67 Å². The Morgan fingerprint density at radius 3 is 2.74 bits per heavy atom. The lowest BCUT2D eigenvalue weighted by Gasteiger charge is -2.61. The highest BCUT2D eigenvalue weighted by atomic mass is 16.2. The quantitative estimate of drug-likeness (QED) is 0.551. The number of rotatable bonds is 8. The Labute approximate surface area is 157 Å². The molecule has 3 saturated carbocycles. The average molecular weight is 365 g/mol. The second-order valence-electron chi connectivity index (χ2n) is 7.46. The topological polar surface area (TPSA) is 88.9 Å². The van der Waals surface area contributed by atoms with Crippen molar-refractivity contribution < 1.29 is 4.79 Å². The Balaban J connectivity index is 1.44. The van der Waals surface area contributed by atoms with Gasteiger partial charge in [0.25, 0.3) is 5.56 Å². The number of amides is 1. The summed E-state index contributed by atoms with van der Waals surface area (Å²) >= 11 is 0. The van der Waals surface area contributed by atoms with Crippen molar-refractivity contribution in [3.63, 3.8) is 0 Å². The molecule has 3 aliphatic rings. The molecule has 7 heteroatoms. The van der Waals surface area contributed by atoms with Gasteiger partial charge in [0, 0.05) is 29.9 Å². The van der Waals surface area contributed by atoms with Crippen molar-refractivity contribution in [2.24, 2.45) is 5.92 Å². The summed E-state index contributed by atoms with van der Waals surface area (Å²) in [4.78, 5) is 28.7. The molecular formula is C20H23N5O2. The number of hydrogen-bond acceptors (Lipinski definition) is 5. The lowest BCUT2D eigenvalue weighted by molar-refractivity contribution is -0.133. The first-order valence-corrected chi connectivity index (χ1v) is 9.27. The highest BCUT2D eigenvalue weighted by Crippen LogP contribution is 2.56. The van der Waals surface area contributed by atoms with Crippen LogP contribution in [0.1, 0.15) is 25.7 Å². The van der Waals surface area contributed by atoms with Crippen LogP contribution in [0.25, 0.3) is 11.3 Å². The van der Waals surface area contributed by atoms with Crippen LogP contribution in [0.3, 0.4) is 0 Å². The van der Waals surface area contributed by atoms with Gasteiger partial charge in [-0.3, -0.25) is 9.59 Å². The van der Waals surface area contributed by atoms with E-state index in [1.54, 1.807) is 12.3 Å². The number of nitrogens with one attached hydrogen (secondary N) is 2. The summed E-state index contributed by atoms with van der Waals surface area (Å²) in [5, 5.41) is 10.6. The zero-order chi connectivity index (χ0) is 18.9. The monoisotopic (exact) mass is 365 g/mol. The largest absolute Gasteiger partial charge is 0.370 e. The van der Waals surface area contributed by atoms with Crippen molar-refractivity contribution in [2.75, 3.05) is 11.9 Å². The van der Waals surface area contributed by atoms with Gasteiger partial charge >= 0.3 is 0 Å². The predicted octanol–water partition coefficient (Wildman–Crippen LogP) is 1.96. The molecule has 0 aromatic carbocycles. The summed E-state index contributed by atoms with van der Waals surface area (Å²) in [6.45, 7) is 4.40. The Bertz CT molecular complexity index is 902. The molecule has 1 amide bonds. The number of nitrogens with zero attached hydrogens (tertiary/aromatic N) is 3. The molecule has 0 saturated heterocycles. The number of carbonyl (C=O) groups excluding carboxylic acids is 1. The highest BCUT2D eigenvalue weighted by molar-refractivity contribution is 5.77. The number of carbonyl (C=O) groups is 1. The molecule has 5 rings (SSSR count). The summed E-state index contributed by atoms with van der Waals surface area (Å²) in [6.07, 6.45) is 7.62. The first-order chi connectivity index (χ1) is 13.1. The fourth-order valence-corrected chi connectivity index (χ4v) is 3.77. The Kier molecular flexibility index (Phi) is 4.51. The molecule has 2 bridgehead atoms. The van der Waals surface area contributed by atoms with Gasteiger partial charge in [0.05, 0.1) is 5.69 Å². The molecule has 0 aliphatic heterocycles. The first-order valence-electron chi connectivity index (χ1n) is 9.27. The van der Waals surface area contributed by atoms with Crippen molar-refractivity contribution in [2.45, 2.75) is 37.8 Å². The smallest absolute Gasteiger partial charge is 0.267 e. The van der Waals surface area contributed by atoms with Crippen molar-refractivity contribution in [1.29, 1.82) is 0 Å². The Hall–Kier alpha value is -2.96. The van der Waals surface area contributed by atoms with Gasteiger partial charge in [-0.05, 0) is 49.8 Å². The standard InChI is InChI=1S/C20H23N5O2/c1-2-3-8-21-17-6-4-15(12-22-17)16-5-7-19(27)25(24-16)13-18(26)23-20-9-14(10-20)11-20/h2,4-7,12,14H,1,3,8-11,13H2,(H,21,22)(H,23,26). The molecule has 140 valence electrons. The van der Waals surface area contributed by atoms with Gasteiger partial charge in [-0.15, -0.1) is 6.58 Å². The molecule has 2 N–H and O–H groups in total. The summed E-state index contributed by atoms with van der Waals surface area (Å²) in [7, 11) is 0. The lowest BCUT2D eigenvalue weighted by Crippen LogP contribution is -2.68. The van der Waals surface area contributed by atoms with Crippen molar-refractivity contribution in [3.8, 4) is 11.3 Å². The Morgan fingerprint density at radius 2 is 2.11 bits per heavy atom. The molecule has 27 heavy (non-hydrogen) atoms. The lowest BCUT2D eigenvalue weighted by atomic mass is 9.50. The molecule has 0 atom stereocenters. The molecule has 0 spiro atoms. The van der Waals surface area contributed by atoms with E-state index in [-0.39, 0.29) is 23.6 Å². The van der Waals surface area contributed by atoms with E-state index in [9.17, 15) is 9.59 Å². The first kappa shape index (κ1) is 17.5. The summed E-state index contributed by atoms with van der Waals surface area (Å²) in [5.74, 6) is 1.41. The molecule has 2 heterocycles. The van der Waals surface area contributed by atoms with Crippen LogP contribution in [0.5, 0.6) is 0 Å². The van der Waals surface area contributed by atoms with Crippen LogP contribution in [0.2, 0.25) is 0 Å². The third-order valence-corrected chi connectivity index (χ3v) is 5.32. The van der Waals surface area contributed by atoms with Gasteiger partial charge in [0.15, 0.2) is 0 Å². The fraction of sp³-hybridized carbons (Fsp3) is 0.400. The van der Waals surface area contributed by atoms with Gasteiger partial charge in [0.2, 0.25) is 5.91 Å². The summed E-state index contributed by atoms with van der Waals surface area (Å²) < 4.78 is 1.21. The van der Waals surface area contributed by atoms with E-state index in [0.29, 0.717) is 5.69 Å². The van der Waals surface area contributed by atoms with Crippen molar-refractivity contribution >= 4 is 11.7 Å². The molecule has 0 unspecified atom stereocenters. The maximum atomic E-state index is 12.3. The normalized spacial score (nSPS) is 22.3. The van der Waals surface area contributed by atoms with E-state index >= 15 is 0 Å². The molecule has 2 aromatic rings. The van der Waals surface area contributed by atoms with E-state index in [1.807, 2.05) is 18.2 Å². The van der Waals surface area contributed by atoms with Gasteiger partial charge in [-0.1, -0.05) is 6.08 Å². The van der Waals surface area contributed by atoms with E-state index in [2.05, 4.69) is 27.3 Å². The highest BCUT2D eigenvalue weighted by Gasteiger charge is 2.57. The maximum Gasteiger partial charge on any atom is 0.267 e. The fourth-order valence-electron chi connectivity index (χ4n) is 3.77. The van der Waals surface area contributed by atoms with E-state index in [0.717, 1.165) is 49.5 Å². The van der Waals surface area contributed by atoms with Crippen molar-refractivity contribution in [1.82, 2.24) is 20.1 Å². The molecule has 3 aliphatic carbocycles. The van der Waals surface area contributed by atoms with Crippen LogP contribution in [0.4, 0.5) is 5.82 Å². The zero-order valence-corrected chi connectivity index (χ0v) is 15.1. The third-order valence-electron chi connectivity index (χ3n) is 5.32. The zero-order valence-electron chi connectivity index (χ0n) is 15.1. The van der Waals surface area contributed by atoms with E-state index in [4.69, 9.17) is 0 Å². The Morgan fingerprint density at radius 1 is 1.30 bits per heavy atom. The number of aromatic nitrogens is 3. The molecular weight excluding hydrogens is 342 g/mol. The van der Waals surface area contributed by atoms with Crippen LogP contribution in [0, 0.1) is 5.92 Å². The summed E-state index contributed by atoms with van der Waals surface area (Å²) in [5.41, 5.74) is 1.11. The molecule has 7 nitrogen and oxygen atoms in total. The molecule has 3 fully saturated rings. The van der Waals surface area contributed by atoms with Crippen LogP contribution in [0.15, 0.2) is 47.9 Å². The minimum absolute atomic E-state index is 0.00131. The minimum Gasteiger partial charge on any atom is -0.370 e. The third kappa shape index (κ3) is 3.63. The molecule has 2 aromatic heterocycles. The van der Waals surface area contributed by atoms with Gasteiger partial charge in [0.1, 0.15) is 12.4 Å². The SMILES string of the molecule is C=CCCNc1ccc(-c2ccc(=O)n(CC(=O)NC34CC(C3)C4)n2)cn1. The van der Waals surface area contributed by atoms with Gasteiger partial charge < -0.3 is 10.6 Å². The average Bonchev–Trinajstić information content (AvgIpc) is 2.60. The van der Waals surface area contributed by atoms with Crippen LogP contribution in [-0.4, -0.2) is 32.8 Å². The second kappa shape index (κ2) is 6.98.